The zero-order valence-electron chi connectivity index (χ0n) is 12.7. The van der Waals surface area contributed by atoms with Crippen LogP contribution in [0, 0.1) is 0 Å². The Morgan fingerprint density at radius 1 is 1.41 bits per heavy atom. The maximum absolute atomic E-state index is 12.1. The van der Waals surface area contributed by atoms with Gasteiger partial charge in [0.25, 0.3) is 0 Å². The molecule has 5 nitrogen and oxygen atoms in total. The molecule has 116 valence electrons. The first kappa shape index (κ1) is 15.0. The van der Waals surface area contributed by atoms with E-state index in [9.17, 15) is 4.79 Å². The number of ether oxygens (including phenoxy) is 1. The van der Waals surface area contributed by atoms with Gasteiger partial charge in [-0.05, 0) is 44.0 Å². The van der Waals surface area contributed by atoms with Gasteiger partial charge in [0.1, 0.15) is 5.75 Å². The standard InChI is InChI=1S/C16H19N3O2S/c1-11(15(20)18-12-3-4-12)22-16-17-9-10-19(16)13-5-7-14(21-2)8-6-13/h5-12H,3-4H2,1-2H3,(H,18,20). The maximum atomic E-state index is 12.1. The monoisotopic (exact) mass is 317 g/mol. The lowest BCUT2D eigenvalue weighted by Gasteiger charge is -2.13. The lowest BCUT2D eigenvalue weighted by Crippen LogP contribution is -2.32. The van der Waals surface area contributed by atoms with Crippen molar-refractivity contribution < 1.29 is 9.53 Å². The fraction of sp³-hybridized carbons (Fsp3) is 0.375. The minimum Gasteiger partial charge on any atom is -0.497 e. The Balaban J connectivity index is 1.71. The Morgan fingerprint density at radius 2 is 2.14 bits per heavy atom. The van der Waals surface area contributed by atoms with E-state index < -0.39 is 0 Å². The summed E-state index contributed by atoms with van der Waals surface area (Å²) in [4.78, 5) is 16.4. The summed E-state index contributed by atoms with van der Waals surface area (Å²) in [5, 5.41) is 3.67. The molecule has 1 saturated carbocycles. The van der Waals surface area contributed by atoms with Gasteiger partial charge in [-0.1, -0.05) is 11.8 Å². The third-order valence-corrected chi connectivity index (χ3v) is 4.61. The van der Waals surface area contributed by atoms with Crippen LogP contribution in [0.4, 0.5) is 0 Å². The zero-order valence-corrected chi connectivity index (χ0v) is 13.5. The van der Waals surface area contributed by atoms with E-state index in [-0.39, 0.29) is 11.2 Å². The molecule has 3 rings (SSSR count). The Hall–Kier alpha value is -1.95. The van der Waals surface area contributed by atoms with Crippen molar-refractivity contribution in [3.63, 3.8) is 0 Å². The number of benzene rings is 1. The minimum absolute atomic E-state index is 0.0804. The van der Waals surface area contributed by atoms with E-state index in [0.29, 0.717) is 6.04 Å². The summed E-state index contributed by atoms with van der Waals surface area (Å²) < 4.78 is 7.15. The predicted octanol–water partition coefficient (Wildman–Crippen LogP) is 2.64. The number of thioether (sulfide) groups is 1. The number of carbonyl (C=O) groups is 1. The molecular formula is C16H19N3O2S. The number of nitrogens with zero attached hydrogens (tertiary/aromatic N) is 2. The molecule has 0 spiro atoms. The van der Waals surface area contributed by atoms with Crippen LogP contribution in [0.1, 0.15) is 19.8 Å². The Bertz CT molecular complexity index is 650. The molecule has 1 aromatic carbocycles. The highest BCUT2D eigenvalue weighted by Gasteiger charge is 2.26. The number of nitrogens with one attached hydrogen (secondary N) is 1. The highest BCUT2D eigenvalue weighted by molar-refractivity contribution is 8.00. The second-order valence-electron chi connectivity index (χ2n) is 5.32. The van der Waals surface area contributed by atoms with Crippen molar-refractivity contribution in [1.29, 1.82) is 0 Å². The van der Waals surface area contributed by atoms with Gasteiger partial charge >= 0.3 is 0 Å². The number of methoxy groups -OCH3 is 1. The van der Waals surface area contributed by atoms with E-state index in [0.717, 1.165) is 29.4 Å². The van der Waals surface area contributed by atoms with Crippen molar-refractivity contribution in [2.45, 2.75) is 36.2 Å². The van der Waals surface area contributed by atoms with Crippen molar-refractivity contribution in [2.75, 3.05) is 7.11 Å². The van der Waals surface area contributed by atoms with Gasteiger partial charge < -0.3 is 10.1 Å². The van der Waals surface area contributed by atoms with Crippen LogP contribution < -0.4 is 10.1 Å². The fourth-order valence-corrected chi connectivity index (χ4v) is 2.97. The quantitative estimate of drug-likeness (QED) is 0.832. The molecule has 1 aliphatic carbocycles. The molecule has 6 heteroatoms. The summed E-state index contributed by atoms with van der Waals surface area (Å²) in [6.07, 6.45) is 5.85. The maximum Gasteiger partial charge on any atom is 0.233 e. The predicted molar refractivity (Wildman–Crippen MR) is 86.6 cm³/mol. The van der Waals surface area contributed by atoms with Crippen LogP contribution in [0.15, 0.2) is 41.8 Å². The van der Waals surface area contributed by atoms with Crippen molar-refractivity contribution >= 4 is 17.7 Å². The van der Waals surface area contributed by atoms with Crippen molar-refractivity contribution in [3.05, 3.63) is 36.7 Å². The van der Waals surface area contributed by atoms with Crippen LogP contribution in [0.25, 0.3) is 5.69 Å². The number of hydrogen-bond acceptors (Lipinski definition) is 4. The lowest BCUT2D eigenvalue weighted by atomic mass is 10.3. The molecule has 2 aromatic rings. The Labute approximate surface area is 134 Å². The first-order valence-electron chi connectivity index (χ1n) is 7.32. The van der Waals surface area contributed by atoms with Crippen molar-refractivity contribution in [2.24, 2.45) is 0 Å². The molecule has 1 N–H and O–H groups in total. The second-order valence-corrected chi connectivity index (χ2v) is 6.63. The van der Waals surface area contributed by atoms with E-state index in [1.165, 1.54) is 11.8 Å². The molecule has 0 saturated heterocycles. The van der Waals surface area contributed by atoms with Crippen LogP contribution in [0.5, 0.6) is 5.75 Å². The molecule has 1 unspecified atom stereocenters. The second kappa shape index (κ2) is 6.44. The number of carbonyl (C=O) groups excluding carboxylic acids is 1. The van der Waals surface area contributed by atoms with Gasteiger partial charge in [-0.25, -0.2) is 4.98 Å². The molecule has 1 fully saturated rings. The highest BCUT2D eigenvalue weighted by Crippen LogP contribution is 2.26. The highest BCUT2D eigenvalue weighted by atomic mass is 32.2. The number of rotatable bonds is 6. The summed E-state index contributed by atoms with van der Waals surface area (Å²) in [5.41, 5.74) is 0.996. The largest absolute Gasteiger partial charge is 0.497 e. The summed E-state index contributed by atoms with van der Waals surface area (Å²) in [5.74, 6) is 0.895. The van der Waals surface area contributed by atoms with E-state index in [4.69, 9.17) is 4.74 Å². The van der Waals surface area contributed by atoms with Gasteiger partial charge in [-0.2, -0.15) is 0 Å². The summed E-state index contributed by atoms with van der Waals surface area (Å²) >= 11 is 1.47. The molecular weight excluding hydrogens is 298 g/mol. The minimum atomic E-state index is -0.167. The molecule has 0 aliphatic heterocycles. The van der Waals surface area contributed by atoms with Crippen LogP contribution in [-0.4, -0.2) is 33.9 Å². The lowest BCUT2D eigenvalue weighted by molar-refractivity contribution is -0.120. The molecule has 1 heterocycles. The van der Waals surface area contributed by atoms with Crippen molar-refractivity contribution in [1.82, 2.24) is 14.9 Å². The molecule has 0 bridgehead atoms. The van der Waals surface area contributed by atoms with Gasteiger partial charge in [-0.3, -0.25) is 9.36 Å². The van der Waals surface area contributed by atoms with Crippen LogP contribution in [0.3, 0.4) is 0 Å². The summed E-state index contributed by atoms with van der Waals surface area (Å²) in [6, 6.07) is 8.15. The Morgan fingerprint density at radius 3 is 2.77 bits per heavy atom. The Kier molecular flexibility index (Phi) is 4.38. The first-order valence-corrected chi connectivity index (χ1v) is 8.20. The molecule has 1 aromatic heterocycles. The van der Waals surface area contributed by atoms with Crippen LogP contribution in [-0.2, 0) is 4.79 Å². The topological polar surface area (TPSA) is 56.2 Å². The third kappa shape index (κ3) is 3.44. The van der Waals surface area contributed by atoms with Gasteiger partial charge in [0.05, 0.1) is 12.4 Å². The first-order chi connectivity index (χ1) is 10.7. The van der Waals surface area contributed by atoms with Gasteiger partial charge in [0.15, 0.2) is 5.16 Å². The third-order valence-electron chi connectivity index (χ3n) is 3.53. The molecule has 1 atom stereocenters. The number of hydrogen-bond donors (Lipinski definition) is 1. The molecule has 1 aliphatic rings. The van der Waals surface area contributed by atoms with Crippen molar-refractivity contribution in [3.8, 4) is 11.4 Å². The average molecular weight is 317 g/mol. The van der Waals surface area contributed by atoms with E-state index >= 15 is 0 Å². The van der Waals surface area contributed by atoms with Gasteiger partial charge in [-0.15, -0.1) is 0 Å². The molecule has 22 heavy (non-hydrogen) atoms. The van der Waals surface area contributed by atoms with E-state index in [1.54, 1.807) is 13.3 Å². The summed E-state index contributed by atoms with van der Waals surface area (Å²) in [7, 11) is 1.65. The molecule has 0 radical (unpaired) electrons. The number of aromatic nitrogens is 2. The van der Waals surface area contributed by atoms with E-state index in [2.05, 4.69) is 10.3 Å². The smallest absolute Gasteiger partial charge is 0.233 e. The molecule has 1 amide bonds. The zero-order chi connectivity index (χ0) is 15.5. The van der Waals surface area contributed by atoms with Gasteiger partial charge in [0.2, 0.25) is 5.91 Å². The summed E-state index contributed by atoms with van der Waals surface area (Å²) in [6.45, 7) is 1.91. The SMILES string of the molecule is COc1ccc(-n2ccnc2SC(C)C(=O)NC2CC2)cc1. The van der Waals surface area contributed by atoms with Gasteiger partial charge in [0, 0.05) is 24.1 Å². The fourth-order valence-electron chi connectivity index (χ4n) is 2.07. The van der Waals surface area contributed by atoms with Crippen LogP contribution in [0.2, 0.25) is 0 Å². The number of imidazole rings is 1. The number of amides is 1. The average Bonchev–Trinajstić information content (AvgIpc) is 3.23. The van der Waals surface area contributed by atoms with E-state index in [1.807, 2.05) is 42.0 Å². The van der Waals surface area contributed by atoms with Crippen LogP contribution >= 0.6 is 11.8 Å². The normalized spacial score (nSPS) is 15.4.